The van der Waals surface area contributed by atoms with E-state index in [1.807, 2.05) is 23.4 Å². The summed E-state index contributed by atoms with van der Waals surface area (Å²) in [5.41, 5.74) is 1.31. The summed E-state index contributed by atoms with van der Waals surface area (Å²) in [7, 11) is 0. The number of urea groups is 1. The van der Waals surface area contributed by atoms with E-state index in [2.05, 4.69) is 39.1 Å². The molecule has 2 aliphatic rings. The van der Waals surface area contributed by atoms with Crippen molar-refractivity contribution in [1.82, 2.24) is 19.8 Å². The van der Waals surface area contributed by atoms with Crippen molar-refractivity contribution >= 4 is 6.03 Å². The maximum absolute atomic E-state index is 12.4. The highest BCUT2D eigenvalue weighted by Crippen LogP contribution is 2.37. The van der Waals surface area contributed by atoms with E-state index in [-0.39, 0.29) is 6.03 Å². The molecular formula is C20H26N4O. The van der Waals surface area contributed by atoms with Gasteiger partial charge in [0.25, 0.3) is 0 Å². The molecule has 2 aromatic rings. The van der Waals surface area contributed by atoms with Crippen LogP contribution in [0.15, 0.2) is 42.7 Å². The number of hydrogen-bond acceptors (Lipinski definition) is 2. The molecule has 25 heavy (non-hydrogen) atoms. The normalized spacial score (nSPS) is 22.2. The second-order valence-corrected chi connectivity index (χ2v) is 7.29. The summed E-state index contributed by atoms with van der Waals surface area (Å²) in [4.78, 5) is 18.8. The maximum atomic E-state index is 12.4. The van der Waals surface area contributed by atoms with Gasteiger partial charge in [-0.15, -0.1) is 0 Å². The Labute approximate surface area is 149 Å². The van der Waals surface area contributed by atoms with Gasteiger partial charge in [0, 0.05) is 32.0 Å². The molecule has 0 bridgehead atoms. The first-order valence-corrected chi connectivity index (χ1v) is 9.36. The fourth-order valence-corrected chi connectivity index (χ4v) is 4.27. The van der Waals surface area contributed by atoms with Gasteiger partial charge in [0.2, 0.25) is 0 Å². The van der Waals surface area contributed by atoms with Gasteiger partial charge in [-0.3, -0.25) is 0 Å². The Morgan fingerprint density at radius 2 is 1.92 bits per heavy atom. The van der Waals surface area contributed by atoms with Crippen molar-refractivity contribution < 1.29 is 4.79 Å². The molecule has 2 fully saturated rings. The summed E-state index contributed by atoms with van der Waals surface area (Å²) in [6.45, 7) is 3.23. The molecule has 2 heterocycles. The van der Waals surface area contributed by atoms with Crippen molar-refractivity contribution in [3.63, 3.8) is 0 Å². The first kappa shape index (κ1) is 16.2. The number of amides is 2. The number of aryl methyl sites for hydroxylation is 2. The van der Waals surface area contributed by atoms with Crippen molar-refractivity contribution in [3.8, 4) is 0 Å². The number of nitrogens with zero attached hydrogens (tertiary/aromatic N) is 3. The molecule has 1 saturated heterocycles. The van der Waals surface area contributed by atoms with Crippen molar-refractivity contribution in [2.24, 2.45) is 11.8 Å². The molecule has 1 aliphatic carbocycles. The van der Waals surface area contributed by atoms with Gasteiger partial charge in [-0.2, -0.15) is 0 Å². The van der Waals surface area contributed by atoms with E-state index in [0.29, 0.717) is 6.54 Å². The third-order valence-electron chi connectivity index (χ3n) is 5.70. The number of carbonyl (C=O) groups excluding carboxylic acids is 1. The Hall–Kier alpha value is -2.30. The van der Waals surface area contributed by atoms with Crippen LogP contribution < -0.4 is 5.32 Å². The lowest BCUT2D eigenvalue weighted by atomic mass is 10.0. The van der Waals surface area contributed by atoms with Gasteiger partial charge in [-0.1, -0.05) is 36.8 Å². The molecule has 1 N–H and O–H groups in total. The number of benzene rings is 1. The number of carbonyl (C=O) groups is 1. The summed E-state index contributed by atoms with van der Waals surface area (Å²) < 4.78 is 2.13. The molecule has 1 aromatic carbocycles. The predicted molar refractivity (Wildman–Crippen MR) is 97.0 cm³/mol. The second kappa shape index (κ2) is 7.30. The number of hydrogen-bond donors (Lipinski definition) is 1. The molecule has 5 heteroatoms. The number of fused-ring (bicyclic) bond motifs is 1. The van der Waals surface area contributed by atoms with Crippen molar-refractivity contribution in [2.75, 3.05) is 13.1 Å². The third kappa shape index (κ3) is 3.70. The Balaban J connectivity index is 1.28. The molecule has 0 spiro atoms. The first-order valence-electron chi connectivity index (χ1n) is 9.36. The molecule has 2 unspecified atom stereocenters. The van der Waals surface area contributed by atoms with Crippen LogP contribution in [-0.2, 0) is 19.5 Å². The zero-order valence-electron chi connectivity index (χ0n) is 14.6. The summed E-state index contributed by atoms with van der Waals surface area (Å²) in [5.74, 6) is 2.39. The van der Waals surface area contributed by atoms with Crippen molar-refractivity contribution in [3.05, 3.63) is 54.1 Å². The zero-order valence-corrected chi connectivity index (χ0v) is 14.6. The summed E-state index contributed by atoms with van der Waals surface area (Å²) in [6.07, 6.45) is 8.69. The third-order valence-corrected chi connectivity index (χ3v) is 5.70. The van der Waals surface area contributed by atoms with Gasteiger partial charge in [0.1, 0.15) is 5.82 Å². The highest BCUT2D eigenvalue weighted by atomic mass is 16.2. The molecule has 1 saturated carbocycles. The molecule has 2 amide bonds. The Morgan fingerprint density at radius 3 is 2.68 bits per heavy atom. The number of rotatable bonds is 5. The van der Waals surface area contributed by atoms with Crippen LogP contribution in [0.3, 0.4) is 0 Å². The smallest absolute Gasteiger partial charge is 0.317 e. The lowest BCUT2D eigenvalue weighted by Gasteiger charge is -2.18. The Morgan fingerprint density at radius 1 is 1.16 bits per heavy atom. The standard InChI is InChI=1S/C20H26N4O/c25-20(24-14-17-7-4-8-18(17)15-24)22-13-19-21-10-12-23(19)11-9-16-5-2-1-3-6-16/h1-3,5-6,10,12,17-18H,4,7-9,11,13-15H2,(H,22,25). The number of likely N-dealkylation sites (tertiary alicyclic amines) is 1. The Kier molecular flexibility index (Phi) is 4.72. The molecule has 2 atom stereocenters. The molecule has 1 aliphatic heterocycles. The SMILES string of the molecule is O=C(NCc1nccn1CCc1ccccc1)N1CC2CCCC2C1. The van der Waals surface area contributed by atoms with Crippen LogP contribution >= 0.6 is 0 Å². The number of imidazole rings is 1. The van der Waals surface area contributed by atoms with Gasteiger partial charge in [0.05, 0.1) is 6.54 Å². The monoisotopic (exact) mass is 338 g/mol. The molecule has 132 valence electrons. The van der Waals surface area contributed by atoms with Gasteiger partial charge < -0.3 is 14.8 Å². The topological polar surface area (TPSA) is 50.2 Å². The van der Waals surface area contributed by atoms with Gasteiger partial charge >= 0.3 is 6.03 Å². The summed E-state index contributed by atoms with van der Waals surface area (Å²) >= 11 is 0. The van der Waals surface area contributed by atoms with E-state index in [4.69, 9.17) is 0 Å². The van der Waals surface area contributed by atoms with Gasteiger partial charge in [-0.05, 0) is 36.7 Å². The summed E-state index contributed by atoms with van der Waals surface area (Å²) in [5, 5.41) is 3.06. The Bertz CT molecular complexity index is 699. The maximum Gasteiger partial charge on any atom is 0.317 e. The molecule has 4 rings (SSSR count). The largest absolute Gasteiger partial charge is 0.333 e. The van der Waals surface area contributed by atoms with Crippen LogP contribution in [0.5, 0.6) is 0 Å². The fraction of sp³-hybridized carbons (Fsp3) is 0.500. The van der Waals surface area contributed by atoms with Gasteiger partial charge in [0.15, 0.2) is 0 Å². The van der Waals surface area contributed by atoms with Crippen LogP contribution in [0.2, 0.25) is 0 Å². The lowest BCUT2D eigenvalue weighted by Crippen LogP contribution is -2.39. The van der Waals surface area contributed by atoms with E-state index in [0.717, 1.165) is 43.7 Å². The minimum absolute atomic E-state index is 0.0620. The highest BCUT2D eigenvalue weighted by Gasteiger charge is 2.37. The molecule has 0 radical (unpaired) electrons. The number of aromatic nitrogens is 2. The molecule has 5 nitrogen and oxygen atoms in total. The highest BCUT2D eigenvalue weighted by molar-refractivity contribution is 5.74. The molecular weight excluding hydrogens is 312 g/mol. The van der Waals surface area contributed by atoms with E-state index in [1.54, 1.807) is 0 Å². The average Bonchev–Trinajstić information content (AvgIpc) is 3.34. The van der Waals surface area contributed by atoms with Crippen LogP contribution in [0.4, 0.5) is 4.79 Å². The summed E-state index contributed by atoms with van der Waals surface area (Å²) in [6, 6.07) is 10.5. The quantitative estimate of drug-likeness (QED) is 0.911. The van der Waals surface area contributed by atoms with Gasteiger partial charge in [-0.25, -0.2) is 9.78 Å². The number of nitrogens with one attached hydrogen (secondary N) is 1. The fourth-order valence-electron chi connectivity index (χ4n) is 4.27. The van der Waals surface area contributed by atoms with Crippen molar-refractivity contribution in [2.45, 2.75) is 38.8 Å². The van der Waals surface area contributed by atoms with Crippen LogP contribution in [0.1, 0.15) is 30.7 Å². The van der Waals surface area contributed by atoms with E-state index >= 15 is 0 Å². The van der Waals surface area contributed by atoms with Crippen molar-refractivity contribution in [1.29, 1.82) is 0 Å². The second-order valence-electron chi connectivity index (χ2n) is 7.29. The van der Waals surface area contributed by atoms with E-state index in [1.165, 1.54) is 24.8 Å². The van der Waals surface area contributed by atoms with Crippen LogP contribution in [-0.4, -0.2) is 33.6 Å². The lowest BCUT2D eigenvalue weighted by molar-refractivity contribution is 0.204. The predicted octanol–water partition coefficient (Wildman–Crippen LogP) is 3.07. The minimum Gasteiger partial charge on any atom is -0.333 e. The first-order chi connectivity index (χ1) is 12.3. The molecule has 1 aromatic heterocycles. The minimum atomic E-state index is 0.0620. The van der Waals surface area contributed by atoms with Crippen LogP contribution in [0, 0.1) is 11.8 Å². The average molecular weight is 338 g/mol. The van der Waals surface area contributed by atoms with E-state index < -0.39 is 0 Å². The van der Waals surface area contributed by atoms with E-state index in [9.17, 15) is 4.79 Å². The zero-order chi connectivity index (χ0) is 17.1. The van der Waals surface area contributed by atoms with Crippen LogP contribution in [0.25, 0.3) is 0 Å².